The maximum atomic E-state index is 15.5. The number of carbonyl (C=O) groups excluding carboxylic acids is 3. The molecule has 2 N–H and O–H groups in total. The van der Waals surface area contributed by atoms with Gasteiger partial charge in [0, 0.05) is 71.1 Å². The SMILES string of the molecule is COC[C@@H]1CN(c2ccn3ncc(C(=O)Nc4cn([C@H]5CC[C@H](CN6CC[C@@H](OCC#Cc7cccc8c(C9CCC(=O)NC9=O)nn(C)c78)[C@@H](F)C6)CC5)nc4C(F)F)c3n2)CCO1. The average Bonchev–Trinajstić information content (AvgIpc) is 4.02. The van der Waals surface area contributed by atoms with Gasteiger partial charge in [-0.25, -0.2) is 22.7 Å². The lowest BCUT2D eigenvalue weighted by Gasteiger charge is -2.38. The summed E-state index contributed by atoms with van der Waals surface area (Å²) in [4.78, 5) is 46.7. The number of methoxy groups -OCH3 is 1. The van der Waals surface area contributed by atoms with Crippen LogP contribution in [0.3, 0.4) is 0 Å². The van der Waals surface area contributed by atoms with Crippen molar-refractivity contribution < 1.29 is 41.8 Å². The zero-order valence-corrected chi connectivity index (χ0v) is 36.3. The number of hydrogen-bond donors (Lipinski definition) is 2. The van der Waals surface area contributed by atoms with Crippen molar-refractivity contribution >= 4 is 45.8 Å². The number of nitrogens with zero attached hydrogens (tertiary/aromatic N) is 9. The van der Waals surface area contributed by atoms with E-state index in [1.54, 1.807) is 35.8 Å². The fraction of sp³-hybridized carbons (Fsp3) is 0.533. The second kappa shape index (κ2) is 19.3. The van der Waals surface area contributed by atoms with Gasteiger partial charge in [-0.1, -0.05) is 24.0 Å². The minimum atomic E-state index is -2.91. The minimum absolute atomic E-state index is 0.0554. The molecule has 65 heavy (non-hydrogen) atoms. The normalized spacial score (nSPS) is 24.4. The van der Waals surface area contributed by atoms with E-state index in [0.29, 0.717) is 87.2 Å². The van der Waals surface area contributed by atoms with Gasteiger partial charge in [-0.15, -0.1) is 0 Å². The first-order valence-corrected chi connectivity index (χ1v) is 22.2. The van der Waals surface area contributed by atoms with Gasteiger partial charge in [-0.2, -0.15) is 15.3 Å². The summed E-state index contributed by atoms with van der Waals surface area (Å²) >= 11 is 0. The Bertz CT molecular complexity index is 2610. The summed E-state index contributed by atoms with van der Waals surface area (Å²) in [5.41, 5.74) is 1.97. The van der Waals surface area contributed by atoms with Crippen molar-refractivity contribution in [1.82, 2.24) is 44.4 Å². The number of ether oxygens (including phenoxy) is 3. The first-order chi connectivity index (χ1) is 31.5. The molecule has 5 aromatic rings. The van der Waals surface area contributed by atoms with Crippen molar-refractivity contribution in [3.05, 3.63) is 65.4 Å². The highest BCUT2D eigenvalue weighted by atomic mass is 19.3. The van der Waals surface area contributed by atoms with Crippen molar-refractivity contribution in [2.45, 2.75) is 81.7 Å². The fourth-order valence-electron chi connectivity index (χ4n) is 9.66. The van der Waals surface area contributed by atoms with Crippen LogP contribution in [0.5, 0.6) is 0 Å². The first-order valence-electron chi connectivity index (χ1n) is 22.2. The summed E-state index contributed by atoms with van der Waals surface area (Å²) in [5, 5.41) is 19.0. The highest BCUT2D eigenvalue weighted by Gasteiger charge is 2.34. The lowest BCUT2D eigenvalue weighted by molar-refractivity contribution is -0.134. The molecular formula is C45H52F3N11O6. The highest BCUT2D eigenvalue weighted by Crippen LogP contribution is 2.36. The number of piperidine rings is 2. The molecule has 344 valence electrons. The number of rotatable bonds is 12. The maximum absolute atomic E-state index is 15.5. The third-order valence-corrected chi connectivity index (χ3v) is 13.0. The standard InChI is InChI=1S/C45H52F3N11O6/c1-55-41-28(5-3-7-31(41)39(53-55)32-12-13-38(60)52-44(32)61)6-4-19-65-36-14-16-56(24-34(36)46)22-27-8-10-29(11-9-27)59-25-35(40(54-59)42(47)48)50-45(62)33-21-49-58-17-15-37(51-43(33)58)57-18-20-64-30(23-57)26-63-2/h3,5,7,15,17,21,25,27,29-30,32,34,36,42H,8-14,16,18-20,22-24,26H2,1-2H3,(H,50,62)(H,52,60,61)/t27-,29-,30-,32?,34-,36+/m0/s1. The number of halogens is 3. The largest absolute Gasteiger partial charge is 0.382 e. The number of anilines is 2. The number of aromatic nitrogens is 7. The molecule has 1 unspecified atom stereocenters. The zero-order chi connectivity index (χ0) is 45.2. The monoisotopic (exact) mass is 899 g/mol. The van der Waals surface area contributed by atoms with E-state index < -0.39 is 36.2 Å². The average molecular weight is 900 g/mol. The molecule has 4 fully saturated rings. The van der Waals surface area contributed by atoms with E-state index in [1.807, 2.05) is 23.1 Å². The predicted octanol–water partition coefficient (Wildman–Crippen LogP) is 4.59. The number of alkyl halides is 3. The maximum Gasteiger partial charge on any atom is 0.284 e. The summed E-state index contributed by atoms with van der Waals surface area (Å²) in [6, 6.07) is 7.29. The number of carbonyl (C=O) groups is 3. The number of imide groups is 1. The van der Waals surface area contributed by atoms with Gasteiger partial charge in [0.05, 0.1) is 66.0 Å². The van der Waals surface area contributed by atoms with E-state index >= 15 is 4.39 Å². The van der Waals surface area contributed by atoms with Crippen molar-refractivity contribution in [2.24, 2.45) is 13.0 Å². The number of para-hydroxylation sites is 1. The topological polar surface area (TPSA) is 175 Å². The van der Waals surface area contributed by atoms with Crippen molar-refractivity contribution in [3.63, 3.8) is 0 Å². The number of aryl methyl sites for hydroxylation is 1. The van der Waals surface area contributed by atoms with E-state index in [0.717, 1.165) is 30.3 Å². The van der Waals surface area contributed by atoms with Gasteiger partial charge in [-0.05, 0) is 56.6 Å². The molecule has 9 rings (SSSR count). The van der Waals surface area contributed by atoms with Crippen LogP contribution in [-0.4, -0.2) is 135 Å². The highest BCUT2D eigenvalue weighted by molar-refractivity contribution is 6.08. The smallest absolute Gasteiger partial charge is 0.284 e. The summed E-state index contributed by atoms with van der Waals surface area (Å²) in [6.07, 6.45) is 4.01. The van der Waals surface area contributed by atoms with Crippen LogP contribution < -0.4 is 15.5 Å². The number of likely N-dealkylation sites (tertiary alicyclic amines) is 1. The number of amides is 3. The van der Waals surface area contributed by atoms with Gasteiger partial charge < -0.3 is 24.4 Å². The number of morpholine rings is 1. The lowest BCUT2D eigenvalue weighted by atomic mass is 9.85. The number of fused-ring (bicyclic) bond motifs is 2. The Hall–Kier alpha value is -5.88. The van der Waals surface area contributed by atoms with Gasteiger partial charge >= 0.3 is 0 Å². The molecule has 3 amide bonds. The molecule has 0 radical (unpaired) electrons. The molecule has 0 spiro atoms. The molecule has 3 saturated heterocycles. The zero-order valence-electron chi connectivity index (χ0n) is 36.3. The molecule has 20 heteroatoms. The Morgan fingerprint density at radius 3 is 2.71 bits per heavy atom. The van der Waals surface area contributed by atoms with E-state index in [1.165, 1.54) is 16.9 Å². The lowest BCUT2D eigenvalue weighted by Crippen LogP contribution is -2.47. The fourth-order valence-corrected chi connectivity index (χ4v) is 9.66. The third-order valence-electron chi connectivity index (χ3n) is 13.0. The Labute approximate surface area is 372 Å². The van der Waals surface area contributed by atoms with Gasteiger partial charge in [0.25, 0.3) is 12.3 Å². The molecule has 17 nitrogen and oxygen atoms in total. The molecule has 1 aromatic carbocycles. The van der Waals surface area contributed by atoms with Crippen molar-refractivity contribution in [3.8, 4) is 11.8 Å². The van der Waals surface area contributed by atoms with Crippen LogP contribution in [0.15, 0.2) is 42.9 Å². The van der Waals surface area contributed by atoms with Crippen LogP contribution in [0.2, 0.25) is 0 Å². The molecule has 4 atom stereocenters. The molecule has 7 heterocycles. The van der Waals surface area contributed by atoms with Gasteiger partial charge in [-0.3, -0.25) is 34.0 Å². The number of hydrogen-bond acceptors (Lipinski definition) is 12. The molecule has 3 aliphatic heterocycles. The second-order valence-corrected chi connectivity index (χ2v) is 17.3. The molecule has 1 aliphatic carbocycles. The minimum Gasteiger partial charge on any atom is -0.382 e. The molecule has 4 aromatic heterocycles. The Kier molecular flexibility index (Phi) is 13.2. The summed E-state index contributed by atoms with van der Waals surface area (Å²) in [5.74, 6) is 5.36. The predicted molar refractivity (Wildman–Crippen MR) is 231 cm³/mol. The van der Waals surface area contributed by atoms with Gasteiger partial charge in [0.15, 0.2) is 11.3 Å². The molecule has 1 saturated carbocycles. The Morgan fingerprint density at radius 2 is 1.92 bits per heavy atom. The van der Waals surface area contributed by atoms with Gasteiger partial charge in [0.1, 0.15) is 24.2 Å². The van der Waals surface area contributed by atoms with Crippen LogP contribution in [0.4, 0.5) is 24.7 Å². The summed E-state index contributed by atoms with van der Waals surface area (Å²) < 4.78 is 65.8. The third kappa shape index (κ3) is 9.60. The second-order valence-electron chi connectivity index (χ2n) is 17.3. The Balaban J connectivity index is 0.755. The van der Waals surface area contributed by atoms with Crippen LogP contribution in [0.1, 0.15) is 90.6 Å². The van der Waals surface area contributed by atoms with Crippen LogP contribution in [-0.2, 0) is 30.8 Å². The Morgan fingerprint density at radius 1 is 1.08 bits per heavy atom. The molecule has 4 aliphatic rings. The van der Waals surface area contributed by atoms with Crippen LogP contribution >= 0.6 is 0 Å². The first kappa shape index (κ1) is 44.3. The number of benzene rings is 1. The van der Waals surface area contributed by atoms with E-state index in [9.17, 15) is 23.2 Å². The quantitative estimate of drug-likeness (QED) is 0.132. The van der Waals surface area contributed by atoms with Crippen LogP contribution in [0.25, 0.3) is 16.6 Å². The van der Waals surface area contributed by atoms with E-state index in [-0.39, 0.29) is 54.8 Å². The molecule has 0 bridgehead atoms. The van der Waals surface area contributed by atoms with Crippen molar-refractivity contribution in [1.29, 1.82) is 0 Å². The van der Waals surface area contributed by atoms with Crippen molar-refractivity contribution in [2.75, 3.05) is 69.9 Å². The molecular weight excluding hydrogens is 848 g/mol. The van der Waals surface area contributed by atoms with Crippen LogP contribution in [0, 0.1) is 17.8 Å². The van der Waals surface area contributed by atoms with Gasteiger partial charge in [0.2, 0.25) is 11.8 Å². The van der Waals surface area contributed by atoms with E-state index in [2.05, 4.69) is 42.7 Å². The summed E-state index contributed by atoms with van der Waals surface area (Å²) in [6.45, 7) is 3.82. The van der Waals surface area contributed by atoms with E-state index in [4.69, 9.17) is 19.2 Å². The number of nitrogens with one attached hydrogen (secondary N) is 2. The summed E-state index contributed by atoms with van der Waals surface area (Å²) in [7, 11) is 3.41.